The zero-order valence-electron chi connectivity index (χ0n) is 12.8. The van der Waals surface area contributed by atoms with Crippen LogP contribution in [0.3, 0.4) is 0 Å². The minimum absolute atomic E-state index is 0.302. The number of aryl methyl sites for hydroxylation is 1. The molecular formula is C14H22N2O3S. The van der Waals surface area contributed by atoms with Crippen molar-refractivity contribution in [2.24, 2.45) is 11.1 Å². The van der Waals surface area contributed by atoms with Crippen molar-refractivity contribution in [2.45, 2.75) is 40.7 Å². The molecule has 0 radical (unpaired) electrons. The minimum Gasteiger partial charge on any atom is -0.465 e. The summed E-state index contributed by atoms with van der Waals surface area (Å²) >= 11 is 1.35. The first-order valence-electron chi connectivity index (χ1n) is 6.34. The number of hydrogen-bond donors (Lipinski definition) is 2. The third-order valence-corrected chi connectivity index (χ3v) is 4.35. The summed E-state index contributed by atoms with van der Waals surface area (Å²) in [6.07, 6.45) is 0. The summed E-state index contributed by atoms with van der Waals surface area (Å²) in [6, 6.07) is -0.657. The van der Waals surface area contributed by atoms with Gasteiger partial charge in [0.25, 0.3) is 0 Å². The molecule has 1 heterocycles. The van der Waals surface area contributed by atoms with Crippen LogP contribution in [-0.2, 0) is 9.53 Å². The van der Waals surface area contributed by atoms with Crippen molar-refractivity contribution in [1.29, 1.82) is 0 Å². The molecule has 1 unspecified atom stereocenters. The lowest BCUT2D eigenvalue weighted by molar-refractivity contribution is -0.119. The summed E-state index contributed by atoms with van der Waals surface area (Å²) in [5, 5.41) is 3.24. The van der Waals surface area contributed by atoms with Gasteiger partial charge in [-0.25, -0.2) is 4.79 Å². The molecule has 0 fully saturated rings. The average Bonchev–Trinajstić information content (AvgIpc) is 2.62. The molecule has 1 rings (SSSR count). The molecule has 0 aliphatic heterocycles. The van der Waals surface area contributed by atoms with E-state index in [9.17, 15) is 9.59 Å². The smallest absolute Gasteiger partial charge is 0.341 e. The number of methoxy groups -OCH3 is 1. The van der Waals surface area contributed by atoms with Crippen molar-refractivity contribution in [3.63, 3.8) is 0 Å². The van der Waals surface area contributed by atoms with Crippen LogP contribution in [0, 0.1) is 19.3 Å². The van der Waals surface area contributed by atoms with Crippen LogP contribution in [0.5, 0.6) is 0 Å². The first-order chi connectivity index (χ1) is 9.09. The van der Waals surface area contributed by atoms with Crippen molar-refractivity contribution < 1.29 is 14.3 Å². The van der Waals surface area contributed by atoms with Crippen molar-refractivity contribution in [3.8, 4) is 0 Å². The highest BCUT2D eigenvalue weighted by atomic mass is 32.1. The lowest BCUT2D eigenvalue weighted by atomic mass is 9.87. The lowest BCUT2D eigenvalue weighted by Crippen LogP contribution is -2.45. The van der Waals surface area contributed by atoms with Gasteiger partial charge in [-0.05, 0) is 24.8 Å². The van der Waals surface area contributed by atoms with E-state index in [1.54, 1.807) is 0 Å². The summed E-state index contributed by atoms with van der Waals surface area (Å²) in [4.78, 5) is 24.9. The average molecular weight is 298 g/mol. The predicted molar refractivity (Wildman–Crippen MR) is 81.2 cm³/mol. The molecule has 1 aromatic rings. The molecule has 1 atom stereocenters. The maximum Gasteiger partial charge on any atom is 0.341 e. The van der Waals surface area contributed by atoms with E-state index in [4.69, 9.17) is 10.5 Å². The van der Waals surface area contributed by atoms with Gasteiger partial charge < -0.3 is 15.8 Å². The van der Waals surface area contributed by atoms with Crippen LogP contribution >= 0.6 is 11.3 Å². The van der Waals surface area contributed by atoms with E-state index in [1.807, 2.05) is 34.6 Å². The molecule has 0 saturated carbocycles. The number of amides is 1. The van der Waals surface area contributed by atoms with Gasteiger partial charge in [0, 0.05) is 4.88 Å². The van der Waals surface area contributed by atoms with E-state index < -0.39 is 12.0 Å². The van der Waals surface area contributed by atoms with Gasteiger partial charge >= 0.3 is 5.97 Å². The maximum atomic E-state index is 12.2. The number of thiophene rings is 1. The summed E-state index contributed by atoms with van der Waals surface area (Å²) in [6.45, 7) is 9.40. The Hall–Kier alpha value is -1.40. The fourth-order valence-corrected chi connectivity index (χ4v) is 2.70. The fraction of sp³-hybridized carbons (Fsp3) is 0.571. The molecular weight excluding hydrogens is 276 g/mol. The van der Waals surface area contributed by atoms with Crippen LogP contribution < -0.4 is 11.1 Å². The highest BCUT2D eigenvalue weighted by molar-refractivity contribution is 7.16. The Morgan fingerprint density at radius 1 is 1.30 bits per heavy atom. The van der Waals surface area contributed by atoms with Gasteiger partial charge in [-0.1, -0.05) is 20.8 Å². The molecule has 0 spiro atoms. The van der Waals surface area contributed by atoms with Gasteiger partial charge in [0.1, 0.15) is 5.00 Å². The van der Waals surface area contributed by atoms with Crippen LogP contribution in [0.25, 0.3) is 0 Å². The zero-order valence-corrected chi connectivity index (χ0v) is 13.6. The highest BCUT2D eigenvalue weighted by Gasteiger charge is 2.29. The van der Waals surface area contributed by atoms with E-state index in [0.717, 1.165) is 10.4 Å². The van der Waals surface area contributed by atoms with Crippen molar-refractivity contribution in [3.05, 3.63) is 16.0 Å². The molecule has 0 aromatic carbocycles. The number of hydrogen-bond acceptors (Lipinski definition) is 5. The van der Waals surface area contributed by atoms with E-state index in [0.29, 0.717) is 10.6 Å². The molecule has 0 saturated heterocycles. The SMILES string of the molecule is COC(=O)c1c(NC(=O)C(N)C(C)(C)C)sc(C)c1C. The molecule has 6 heteroatoms. The van der Waals surface area contributed by atoms with E-state index in [1.165, 1.54) is 18.4 Å². The second-order valence-electron chi connectivity index (χ2n) is 5.81. The third kappa shape index (κ3) is 3.37. The Kier molecular flexibility index (Phi) is 4.94. The van der Waals surface area contributed by atoms with Crippen LogP contribution in [0.2, 0.25) is 0 Å². The summed E-state index contributed by atoms with van der Waals surface area (Å²) in [5.41, 5.74) is 6.80. The van der Waals surface area contributed by atoms with Crippen LogP contribution in [0.15, 0.2) is 0 Å². The summed E-state index contributed by atoms with van der Waals surface area (Å²) in [5.74, 6) is -0.754. The highest BCUT2D eigenvalue weighted by Crippen LogP contribution is 2.33. The quantitative estimate of drug-likeness (QED) is 0.840. The first kappa shape index (κ1) is 16.7. The first-order valence-corrected chi connectivity index (χ1v) is 7.16. The largest absolute Gasteiger partial charge is 0.465 e. The Labute approximate surface area is 123 Å². The topological polar surface area (TPSA) is 81.4 Å². The molecule has 1 aromatic heterocycles. The molecule has 0 aliphatic carbocycles. The normalized spacial score (nSPS) is 12.9. The Morgan fingerprint density at radius 2 is 1.85 bits per heavy atom. The number of carbonyl (C=O) groups excluding carboxylic acids is 2. The molecule has 0 aliphatic rings. The van der Waals surface area contributed by atoms with Gasteiger partial charge in [0.05, 0.1) is 18.7 Å². The molecule has 20 heavy (non-hydrogen) atoms. The molecule has 112 valence electrons. The van der Waals surface area contributed by atoms with Crippen LogP contribution in [0.1, 0.15) is 41.6 Å². The molecule has 1 amide bonds. The van der Waals surface area contributed by atoms with E-state index >= 15 is 0 Å². The fourth-order valence-electron chi connectivity index (χ4n) is 1.65. The van der Waals surface area contributed by atoms with Crippen molar-refractivity contribution in [2.75, 3.05) is 12.4 Å². The van der Waals surface area contributed by atoms with Gasteiger partial charge in [-0.15, -0.1) is 11.3 Å². The number of nitrogens with one attached hydrogen (secondary N) is 1. The van der Waals surface area contributed by atoms with Crippen molar-refractivity contribution in [1.82, 2.24) is 0 Å². The Bertz CT molecular complexity index is 529. The molecule has 3 N–H and O–H groups in total. The maximum absolute atomic E-state index is 12.2. The number of carbonyl (C=O) groups is 2. The molecule has 0 bridgehead atoms. The minimum atomic E-state index is -0.657. The van der Waals surface area contributed by atoms with Crippen LogP contribution in [0.4, 0.5) is 5.00 Å². The number of ether oxygens (including phenoxy) is 1. The van der Waals surface area contributed by atoms with E-state index in [2.05, 4.69) is 5.32 Å². The number of rotatable bonds is 3. The monoisotopic (exact) mass is 298 g/mol. The van der Waals surface area contributed by atoms with Crippen LogP contribution in [-0.4, -0.2) is 25.0 Å². The van der Waals surface area contributed by atoms with Gasteiger partial charge in [-0.3, -0.25) is 4.79 Å². The Morgan fingerprint density at radius 3 is 2.30 bits per heavy atom. The zero-order chi connectivity index (χ0) is 15.7. The second kappa shape index (κ2) is 5.93. The number of anilines is 1. The number of esters is 1. The van der Waals surface area contributed by atoms with E-state index in [-0.39, 0.29) is 11.3 Å². The predicted octanol–water partition coefficient (Wildman–Crippen LogP) is 2.46. The van der Waals surface area contributed by atoms with Gasteiger partial charge in [0.15, 0.2) is 0 Å². The summed E-state index contributed by atoms with van der Waals surface area (Å²) in [7, 11) is 1.32. The summed E-state index contributed by atoms with van der Waals surface area (Å²) < 4.78 is 4.77. The standard InChI is InChI=1S/C14H22N2O3S/c1-7-8(2)20-12(9(7)13(18)19-6)16-11(17)10(15)14(3,4)5/h10H,15H2,1-6H3,(H,16,17). The van der Waals surface area contributed by atoms with Crippen molar-refractivity contribution >= 4 is 28.2 Å². The van der Waals surface area contributed by atoms with Gasteiger partial charge in [0.2, 0.25) is 5.91 Å². The number of nitrogens with two attached hydrogens (primary N) is 1. The second-order valence-corrected chi connectivity index (χ2v) is 7.04. The third-order valence-electron chi connectivity index (χ3n) is 3.23. The Balaban J connectivity index is 3.08. The van der Waals surface area contributed by atoms with Gasteiger partial charge in [-0.2, -0.15) is 0 Å². The molecule has 5 nitrogen and oxygen atoms in total. The lowest BCUT2D eigenvalue weighted by Gasteiger charge is -2.25.